The number of hydrogen-bond acceptors (Lipinski definition) is 1. The molecule has 0 heterocycles. The molecule has 0 aromatic heterocycles. The molecule has 0 fully saturated rings. The molecule has 0 spiro atoms. The molecule has 0 saturated heterocycles. The molecule has 1 nitrogen and oxygen atoms in total. The summed E-state index contributed by atoms with van der Waals surface area (Å²) in [4.78, 5) is 0. The minimum atomic E-state index is 0.791. The van der Waals surface area contributed by atoms with Crippen LogP contribution in [0.4, 0.5) is 0 Å². The summed E-state index contributed by atoms with van der Waals surface area (Å²) in [5.41, 5.74) is 8.42. The number of aryl methyl sites for hydroxylation is 2. The second-order valence-corrected chi connectivity index (χ2v) is 4.87. The summed E-state index contributed by atoms with van der Waals surface area (Å²) in [5, 5.41) is 0. The fourth-order valence-corrected chi connectivity index (χ4v) is 2.11. The molecule has 0 atom stereocenters. The molecule has 0 amide bonds. The largest absolute Gasteiger partial charge is 0.330 e. The van der Waals surface area contributed by atoms with E-state index in [0.717, 1.165) is 19.4 Å². The van der Waals surface area contributed by atoms with Crippen LogP contribution in [0, 0.1) is 0 Å². The first kappa shape index (κ1) is 14.2. The summed E-state index contributed by atoms with van der Waals surface area (Å²) in [5.74, 6) is 0. The molecule has 0 bridgehead atoms. The predicted octanol–water partition coefficient (Wildman–Crippen LogP) is 4.09. The minimum absolute atomic E-state index is 0.791. The van der Waals surface area contributed by atoms with E-state index >= 15 is 0 Å². The maximum absolute atomic E-state index is 5.51. The molecule has 1 rings (SSSR count). The van der Waals surface area contributed by atoms with Crippen molar-refractivity contribution in [3.8, 4) is 0 Å². The number of rotatable bonds is 9. The standard InChI is InChI=1S/C16H27N/c1-2-3-4-5-6-8-15-10-12-16(13-11-15)9-7-14-17/h10-13H,2-9,14,17H2,1H3. The molecule has 0 saturated carbocycles. The van der Waals surface area contributed by atoms with Gasteiger partial charge < -0.3 is 5.73 Å². The van der Waals surface area contributed by atoms with Crippen LogP contribution in [0.15, 0.2) is 24.3 Å². The van der Waals surface area contributed by atoms with Crippen LogP contribution in [-0.2, 0) is 12.8 Å². The van der Waals surface area contributed by atoms with Gasteiger partial charge in [-0.05, 0) is 43.4 Å². The van der Waals surface area contributed by atoms with Crippen molar-refractivity contribution < 1.29 is 0 Å². The topological polar surface area (TPSA) is 26.0 Å². The summed E-state index contributed by atoms with van der Waals surface area (Å²) in [7, 11) is 0. The quantitative estimate of drug-likeness (QED) is 0.639. The van der Waals surface area contributed by atoms with Crippen LogP contribution in [0.1, 0.15) is 56.6 Å². The van der Waals surface area contributed by atoms with Crippen LogP contribution in [-0.4, -0.2) is 6.54 Å². The maximum Gasteiger partial charge on any atom is -0.00741 e. The molecule has 2 N–H and O–H groups in total. The first-order chi connectivity index (χ1) is 8.36. The Morgan fingerprint density at radius 2 is 1.29 bits per heavy atom. The van der Waals surface area contributed by atoms with Gasteiger partial charge in [-0.2, -0.15) is 0 Å². The van der Waals surface area contributed by atoms with Crippen LogP contribution in [0.3, 0.4) is 0 Å². The van der Waals surface area contributed by atoms with E-state index in [1.54, 1.807) is 0 Å². The van der Waals surface area contributed by atoms with Gasteiger partial charge in [-0.25, -0.2) is 0 Å². The first-order valence-corrected chi connectivity index (χ1v) is 7.14. The van der Waals surface area contributed by atoms with Gasteiger partial charge >= 0.3 is 0 Å². The van der Waals surface area contributed by atoms with Crippen LogP contribution < -0.4 is 5.73 Å². The van der Waals surface area contributed by atoms with Gasteiger partial charge in [-0.3, -0.25) is 0 Å². The second-order valence-electron chi connectivity index (χ2n) is 4.87. The minimum Gasteiger partial charge on any atom is -0.330 e. The van der Waals surface area contributed by atoms with Gasteiger partial charge in [-0.1, -0.05) is 56.9 Å². The highest BCUT2D eigenvalue weighted by Crippen LogP contribution is 2.11. The molecular formula is C16H27N. The fourth-order valence-electron chi connectivity index (χ4n) is 2.11. The highest BCUT2D eigenvalue weighted by molar-refractivity contribution is 5.22. The monoisotopic (exact) mass is 233 g/mol. The Bertz CT molecular complexity index is 276. The highest BCUT2D eigenvalue weighted by atomic mass is 14.5. The zero-order valence-electron chi connectivity index (χ0n) is 11.3. The lowest BCUT2D eigenvalue weighted by Crippen LogP contribution is -2.00. The molecule has 1 aromatic rings. The van der Waals surface area contributed by atoms with Gasteiger partial charge in [0.05, 0.1) is 0 Å². The first-order valence-electron chi connectivity index (χ1n) is 7.14. The van der Waals surface area contributed by atoms with Crippen LogP contribution >= 0.6 is 0 Å². The van der Waals surface area contributed by atoms with Crippen molar-refractivity contribution in [2.45, 2.75) is 58.3 Å². The highest BCUT2D eigenvalue weighted by Gasteiger charge is 1.95. The smallest absolute Gasteiger partial charge is 0.00741 e. The lowest BCUT2D eigenvalue weighted by molar-refractivity contribution is 0.632. The van der Waals surface area contributed by atoms with E-state index in [9.17, 15) is 0 Å². The van der Waals surface area contributed by atoms with Crippen molar-refractivity contribution in [3.05, 3.63) is 35.4 Å². The molecule has 0 unspecified atom stereocenters. The van der Waals surface area contributed by atoms with E-state index in [1.807, 2.05) is 0 Å². The Hall–Kier alpha value is -0.820. The van der Waals surface area contributed by atoms with E-state index in [1.165, 1.54) is 49.7 Å². The molecule has 1 aromatic carbocycles. The zero-order chi connectivity index (χ0) is 12.3. The van der Waals surface area contributed by atoms with Gasteiger partial charge in [0.1, 0.15) is 0 Å². The Balaban J connectivity index is 2.20. The van der Waals surface area contributed by atoms with Crippen molar-refractivity contribution in [2.24, 2.45) is 5.73 Å². The molecule has 0 radical (unpaired) electrons. The number of nitrogens with two attached hydrogens (primary N) is 1. The summed E-state index contributed by atoms with van der Waals surface area (Å²) in [6.07, 6.45) is 10.3. The van der Waals surface area contributed by atoms with Crippen molar-refractivity contribution in [1.29, 1.82) is 0 Å². The van der Waals surface area contributed by atoms with Gasteiger partial charge in [0, 0.05) is 0 Å². The Labute approximate surface area is 106 Å². The number of hydrogen-bond donors (Lipinski definition) is 1. The lowest BCUT2D eigenvalue weighted by atomic mass is 10.0. The van der Waals surface area contributed by atoms with Crippen LogP contribution in [0.2, 0.25) is 0 Å². The van der Waals surface area contributed by atoms with Gasteiger partial charge in [-0.15, -0.1) is 0 Å². The number of benzene rings is 1. The third kappa shape index (κ3) is 6.48. The summed E-state index contributed by atoms with van der Waals surface area (Å²) < 4.78 is 0. The Kier molecular flexibility index (Phi) is 7.74. The molecule has 0 aliphatic heterocycles. The molecule has 0 aliphatic carbocycles. The van der Waals surface area contributed by atoms with Crippen molar-refractivity contribution >= 4 is 0 Å². The van der Waals surface area contributed by atoms with Crippen LogP contribution in [0.25, 0.3) is 0 Å². The normalized spacial score (nSPS) is 10.7. The fraction of sp³-hybridized carbons (Fsp3) is 0.625. The van der Waals surface area contributed by atoms with Crippen LogP contribution in [0.5, 0.6) is 0 Å². The molecule has 17 heavy (non-hydrogen) atoms. The summed E-state index contributed by atoms with van der Waals surface area (Å²) >= 11 is 0. The third-order valence-corrected chi connectivity index (χ3v) is 3.26. The molecule has 0 aliphatic rings. The van der Waals surface area contributed by atoms with Gasteiger partial charge in [0.2, 0.25) is 0 Å². The average Bonchev–Trinajstić information content (AvgIpc) is 2.37. The van der Waals surface area contributed by atoms with Gasteiger partial charge in [0.25, 0.3) is 0 Å². The average molecular weight is 233 g/mol. The van der Waals surface area contributed by atoms with Gasteiger partial charge in [0.15, 0.2) is 0 Å². The van der Waals surface area contributed by atoms with E-state index in [2.05, 4.69) is 31.2 Å². The summed E-state index contributed by atoms with van der Waals surface area (Å²) in [6.45, 7) is 3.05. The Morgan fingerprint density at radius 3 is 1.82 bits per heavy atom. The maximum atomic E-state index is 5.51. The van der Waals surface area contributed by atoms with Crippen molar-refractivity contribution in [1.82, 2.24) is 0 Å². The summed E-state index contributed by atoms with van der Waals surface area (Å²) in [6, 6.07) is 9.09. The van der Waals surface area contributed by atoms with E-state index in [-0.39, 0.29) is 0 Å². The van der Waals surface area contributed by atoms with Crippen molar-refractivity contribution in [3.63, 3.8) is 0 Å². The zero-order valence-corrected chi connectivity index (χ0v) is 11.3. The van der Waals surface area contributed by atoms with E-state index in [4.69, 9.17) is 5.73 Å². The van der Waals surface area contributed by atoms with E-state index in [0.29, 0.717) is 0 Å². The predicted molar refractivity (Wildman–Crippen MR) is 76.3 cm³/mol. The second kappa shape index (κ2) is 9.23. The molecular weight excluding hydrogens is 206 g/mol. The molecule has 96 valence electrons. The lowest BCUT2D eigenvalue weighted by Gasteiger charge is -2.04. The third-order valence-electron chi connectivity index (χ3n) is 3.26. The Morgan fingerprint density at radius 1 is 0.765 bits per heavy atom. The van der Waals surface area contributed by atoms with E-state index < -0.39 is 0 Å². The molecule has 1 heteroatoms. The SMILES string of the molecule is CCCCCCCc1ccc(CCCN)cc1. The number of unbranched alkanes of at least 4 members (excludes halogenated alkanes) is 4. The van der Waals surface area contributed by atoms with Crippen molar-refractivity contribution in [2.75, 3.05) is 6.54 Å².